The lowest BCUT2D eigenvalue weighted by molar-refractivity contribution is 0.177. The third-order valence-corrected chi connectivity index (χ3v) is 4.50. The van der Waals surface area contributed by atoms with E-state index in [1.165, 1.54) is 18.9 Å². The Balaban J connectivity index is 1.86. The number of nitriles is 1. The Morgan fingerprint density at radius 3 is 2.96 bits per heavy atom. The minimum atomic E-state index is -0.459. The zero-order valence-corrected chi connectivity index (χ0v) is 13.2. The third-order valence-electron chi connectivity index (χ3n) is 4.50. The number of likely N-dealkylation sites (tertiary alicyclic amines) is 1. The van der Waals surface area contributed by atoms with Crippen molar-refractivity contribution in [1.29, 1.82) is 5.26 Å². The topological polar surface area (TPSA) is 81.9 Å². The molecular formula is C17H20N4O2. The highest BCUT2D eigenvalue weighted by molar-refractivity contribution is 5.78. The summed E-state index contributed by atoms with van der Waals surface area (Å²) >= 11 is 0. The minimum absolute atomic E-state index is 0.0304. The van der Waals surface area contributed by atoms with Crippen molar-refractivity contribution in [3.8, 4) is 6.07 Å². The maximum absolute atomic E-state index is 12.6. The summed E-state index contributed by atoms with van der Waals surface area (Å²) in [7, 11) is 0. The second kappa shape index (κ2) is 6.39. The maximum atomic E-state index is 12.6. The van der Waals surface area contributed by atoms with Crippen molar-refractivity contribution in [2.45, 2.75) is 26.3 Å². The Morgan fingerprint density at radius 2 is 2.22 bits per heavy atom. The van der Waals surface area contributed by atoms with Crippen molar-refractivity contribution in [1.82, 2.24) is 14.5 Å². The van der Waals surface area contributed by atoms with E-state index in [1.807, 2.05) is 6.07 Å². The number of rotatable bonds is 3. The van der Waals surface area contributed by atoms with Gasteiger partial charge in [-0.2, -0.15) is 5.26 Å². The minimum Gasteiger partial charge on any atom is -0.321 e. The highest BCUT2D eigenvalue weighted by Gasteiger charge is 2.16. The number of piperidine rings is 1. The number of hydrogen-bond donors (Lipinski definition) is 1. The van der Waals surface area contributed by atoms with Gasteiger partial charge in [0.2, 0.25) is 0 Å². The van der Waals surface area contributed by atoms with Gasteiger partial charge in [0, 0.05) is 25.8 Å². The second-order valence-electron chi connectivity index (χ2n) is 6.31. The molecule has 23 heavy (non-hydrogen) atoms. The molecule has 0 unspecified atom stereocenters. The summed E-state index contributed by atoms with van der Waals surface area (Å²) in [5.74, 6) is 0.709. The molecule has 2 aromatic rings. The molecule has 6 heteroatoms. The molecule has 120 valence electrons. The highest BCUT2D eigenvalue weighted by Crippen LogP contribution is 2.15. The molecule has 1 atom stereocenters. The van der Waals surface area contributed by atoms with Gasteiger partial charge in [0.05, 0.1) is 10.9 Å². The Morgan fingerprint density at radius 1 is 1.39 bits per heavy atom. The number of H-pyrrole nitrogens is 1. The van der Waals surface area contributed by atoms with Crippen LogP contribution in [0.1, 0.15) is 25.3 Å². The number of aromatic nitrogens is 2. The molecule has 2 aromatic heterocycles. The molecule has 0 aliphatic carbocycles. The van der Waals surface area contributed by atoms with Gasteiger partial charge < -0.3 is 14.5 Å². The molecule has 3 heterocycles. The summed E-state index contributed by atoms with van der Waals surface area (Å²) in [4.78, 5) is 29.2. The molecule has 0 radical (unpaired) electrons. The largest absolute Gasteiger partial charge is 0.321 e. The van der Waals surface area contributed by atoms with Crippen LogP contribution in [0.5, 0.6) is 0 Å². The third kappa shape index (κ3) is 3.20. The van der Waals surface area contributed by atoms with E-state index < -0.39 is 5.56 Å². The average Bonchev–Trinajstić information content (AvgIpc) is 2.54. The summed E-state index contributed by atoms with van der Waals surface area (Å²) in [5, 5.41) is 9.34. The van der Waals surface area contributed by atoms with Gasteiger partial charge in [-0.05, 0) is 37.4 Å². The van der Waals surface area contributed by atoms with Crippen LogP contribution in [-0.4, -0.2) is 34.1 Å². The van der Waals surface area contributed by atoms with Crippen molar-refractivity contribution in [3.05, 3.63) is 44.6 Å². The van der Waals surface area contributed by atoms with Gasteiger partial charge >= 0.3 is 0 Å². The number of hydrogen-bond acceptors (Lipinski definition) is 4. The lowest BCUT2D eigenvalue weighted by atomic mass is 10.0. The Hall–Kier alpha value is -2.39. The Labute approximate surface area is 134 Å². The second-order valence-corrected chi connectivity index (χ2v) is 6.31. The first-order chi connectivity index (χ1) is 11.1. The van der Waals surface area contributed by atoms with Crippen molar-refractivity contribution < 1.29 is 0 Å². The number of aromatic amines is 1. The van der Waals surface area contributed by atoms with Crippen LogP contribution < -0.4 is 11.1 Å². The van der Waals surface area contributed by atoms with Gasteiger partial charge in [0.15, 0.2) is 0 Å². The summed E-state index contributed by atoms with van der Waals surface area (Å²) < 4.78 is 1.65. The van der Waals surface area contributed by atoms with Crippen LogP contribution in [0.2, 0.25) is 0 Å². The summed E-state index contributed by atoms with van der Waals surface area (Å²) in [6.07, 6.45) is 4.19. The molecule has 0 aromatic carbocycles. The quantitative estimate of drug-likeness (QED) is 0.926. The van der Waals surface area contributed by atoms with E-state index in [4.69, 9.17) is 5.26 Å². The predicted molar refractivity (Wildman–Crippen MR) is 88.4 cm³/mol. The normalized spacial score (nSPS) is 18.9. The molecule has 3 rings (SSSR count). The molecule has 1 aliphatic rings. The number of pyridine rings is 2. The average molecular weight is 312 g/mol. The van der Waals surface area contributed by atoms with Gasteiger partial charge in [-0.25, -0.2) is 0 Å². The van der Waals surface area contributed by atoms with Gasteiger partial charge in [0.1, 0.15) is 11.6 Å². The van der Waals surface area contributed by atoms with Crippen LogP contribution in [0.3, 0.4) is 0 Å². The van der Waals surface area contributed by atoms with Gasteiger partial charge in [0.25, 0.3) is 11.1 Å². The smallest absolute Gasteiger partial charge is 0.266 e. The van der Waals surface area contributed by atoms with Crippen LogP contribution in [0.25, 0.3) is 10.9 Å². The lowest BCUT2D eigenvalue weighted by Gasteiger charge is -2.30. The van der Waals surface area contributed by atoms with Gasteiger partial charge in [-0.3, -0.25) is 9.59 Å². The number of fused-ring (bicyclic) bond motifs is 1. The van der Waals surface area contributed by atoms with Crippen molar-refractivity contribution in [3.63, 3.8) is 0 Å². The summed E-state index contributed by atoms with van der Waals surface area (Å²) in [6, 6.07) is 4.93. The molecular weight excluding hydrogens is 292 g/mol. The van der Waals surface area contributed by atoms with E-state index in [0.29, 0.717) is 23.4 Å². The molecule has 0 bridgehead atoms. The highest BCUT2D eigenvalue weighted by atomic mass is 16.1. The zero-order chi connectivity index (χ0) is 16.4. The van der Waals surface area contributed by atoms with E-state index >= 15 is 0 Å². The molecule has 1 aliphatic heterocycles. The monoisotopic (exact) mass is 312 g/mol. The van der Waals surface area contributed by atoms with Crippen LogP contribution in [0.15, 0.2) is 27.9 Å². The van der Waals surface area contributed by atoms with Crippen molar-refractivity contribution in [2.75, 3.05) is 19.6 Å². The fourth-order valence-electron chi connectivity index (χ4n) is 3.24. The van der Waals surface area contributed by atoms with E-state index in [-0.39, 0.29) is 11.1 Å². The molecule has 0 spiro atoms. The van der Waals surface area contributed by atoms with E-state index in [9.17, 15) is 9.59 Å². The van der Waals surface area contributed by atoms with Crippen LogP contribution in [0.4, 0.5) is 0 Å². The SMILES string of the molecule is C[C@H]1CCCN(CCn2ccc3[nH]c(=O)c(C#N)cc3c2=O)C1. The van der Waals surface area contributed by atoms with Gasteiger partial charge in [-0.1, -0.05) is 6.92 Å². The maximum Gasteiger partial charge on any atom is 0.266 e. The van der Waals surface area contributed by atoms with Crippen LogP contribution in [-0.2, 0) is 6.54 Å². The summed E-state index contributed by atoms with van der Waals surface area (Å²) in [6.45, 7) is 5.87. The Bertz CT molecular complexity index is 875. The standard InChI is InChI=1S/C17H20N4O2/c1-12-3-2-5-20(11-12)7-8-21-6-4-15-14(17(21)23)9-13(10-18)16(22)19-15/h4,6,9,12H,2-3,5,7-8,11H2,1H3,(H,19,22)/t12-/m0/s1. The lowest BCUT2D eigenvalue weighted by Crippen LogP contribution is -2.37. The van der Waals surface area contributed by atoms with Crippen molar-refractivity contribution >= 4 is 10.9 Å². The molecule has 1 saturated heterocycles. The van der Waals surface area contributed by atoms with Crippen LogP contribution in [0, 0.1) is 17.2 Å². The molecule has 1 fully saturated rings. The molecule has 6 nitrogen and oxygen atoms in total. The van der Waals surface area contributed by atoms with Gasteiger partial charge in [-0.15, -0.1) is 0 Å². The first-order valence-electron chi connectivity index (χ1n) is 7.97. The van der Waals surface area contributed by atoms with E-state index in [1.54, 1.807) is 16.8 Å². The number of nitrogens with one attached hydrogen (secondary N) is 1. The Kier molecular flexibility index (Phi) is 4.30. The predicted octanol–water partition coefficient (Wildman–Crippen LogP) is 1.29. The van der Waals surface area contributed by atoms with E-state index in [2.05, 4.69) is 16.8 Å². The van der Waals surface area contributed by atoms with Crippen LogP contribution >= 0.6 is 0 Å². The zero-order valence-electron chi connectivity index (χ0n) is 13.2. The molecule has 1 N–H and O–H groups in total. The molecule has 0 amide bonds. The van der Waals surface area contributed by atoms with E-state index in [0.717, 1.165) is 19.6 Å². The molecule has 0 saturated carbocycles. The first kappa shape index (κ1) is 15.5. The van der Waals surface area contributed by atoms with Crippen molar-refractivity contribution in [2.24, 2.45) is 5.92 Å². The summed E-state index contributed by atoms with van der Waals surface area (Å²) in [5.41, 5.74) is -0.182. The fourth-order valence-corrected chi connectivity index (χ4v) is 3.24. The number of nitrogens with zero attached hydrogens (tertiary/aromatic N) is 3. The fraction of sp³-hybridized carbons (Fsp3) is 0.471. The first-order valence-corrected chi connectivity index (χ1v) is 7.97.